The van der Waals surface area contributed by atoms with E-state index >= 15 is 0 Å². The van der Waals surface area contributed by atoms with Crippen molar-refractivity contribution >= 4 is 30.8 Å². The molecular formula is C37H66N4O5Si. The number of carbonyl (C=O) groups excluding carboxylic acids is 2. The third kappa shape index (κ3) is 13.3. The molecule has 0 saturated heterocycles. The number of nitrogens with zero attached hydrogens (tertiary/aromatic N) is 1. The van der Waals surface area contributed by atoms with Crippen LogP contribution in [0.1, 0.15) is 71.9 Å². The predicted molar refractivity (Wildman–Crippen MR) is 196 cm³/mol. The van der Waals surface area contributed by atoms with Crippen LogP contribution in [0, 0.1) is 29.1 Å². The van der Waals surface area contributed by atoms with Gasteiger partial charge in [-0.15, -0.1) is 0 Å². The van der Waals surface area contributed by atoms with Gasteiger partial charge < -0.3 is 35.9 Å². The summed E-state index contributed by atoms with van der Waals surface area (Å²) in [5.41, 5.74) is 15.0. The molecule has 2 aromatic rings. The number of primary amides is 1. The topological polar surface area (TPSA) is 142 Å². The lowest BCUT2D eigenvalue weighted by molar-refractivity contribution is -0.130. The van der Waals surface area contributed by atoms with Crippen molar-refractivity contribution in [3.8, 4) is 0 Å². The lowest BCUT2D eigenvalue weighted by Gasteiger charge is -2.30. The van der Waals surface area contributed by atoms with Gasteiger partial charge in [-0.3, -0.25) is 9.59 Å². The second-order valence-corrected chi connectivity index (χ2v) is 21.8. The van der Waals surface area contributed by atoms with E-state index < -0.39 is 37.5 Å². The quantitative estimate of drug-likeness (QED) is 0.0931. The minimum absolute atomic E-state index is 0.00250. The number of aryl methyl sites for hydroxylation is 1. The summed E-state index contributed by atoms with van der Waals surface area (Å²) in [6, 6.07) is 7.42. The summed E-state index contributed by atoms with van der Waals surface area (Å²) < 4.78 is 13.7. The first kappa shape index (κ1) is 40.9. The third-order valence-electron chi connectivity index (χ3n) is 9.57. The van der Waals surface area contributed by atoms with Crippen molar-refractivity contribution < 1.29 is 24.2 Å². The van der Waals surface area contributed by atoms with Crippen LogP contribution in [-0.2, 0) is 38.6 Å². The zero-order valence-electron chi connectivity index (χ0n) is 31.0. The molecule has 0 aliphatic rings. The van der Waals surface area contributed by atoms with Crippen LogP contribution in [0.25, 0.3) is 10.9 Å². The Labute approximate surface area is 285 Å². The molecule has 0 bridgehead atoms. The zero-order chi connectivity index (χ0) is 35.5. The molecule has 2 rings (SSSR count). The number of nitrogens with two attached hydrogens (primary N) is 2. The molecule has 0 aliphatic heterocycles. The number of fused-ring (bicyclic) bond motifs is 1. The Morgan fingerprint density at radius 1 is 1.06 bits per heavy atom. The molecule has 4 unspecified atom stereocenters. The number of aliphatic hydroxyl groups is 1. The fourth-order valence-electron chi connectivity index (χ4n) is 5.84. The van der Waals surface area contributed by atoms with E-state index in [2.05, 4.69) is 67.8 Å². The van der Waals surface area contributed by atoms with Gasteiger partial charge in [0.25, 0.3) is 0 Å². The Balaban J connectivity index is 2.16. The molecule has 2 amide bonds. The number of rotatable bonds is 22. The Hall–Kier alpha value is -2.24. The highest BCUT2D eigenvalue weighted by atomic mass is 28.3. The SMILES string of the molecule is COCCCc1cn(COCC[Si](C)(C)C)c2ccc(CC(CC(N)C(O)CC(C(=O)NCC(C)(C)C(N)=O)C(C)C)C(C)C)cc12. The number of ether oxygens (including phenoxy) is 2. The highest BCUT2D eigenvalue weighted by molar-refractivity contribution is 6.76. The lowest BCUT2D eigenvalue weighted by Crippen LogP contribution is -2.46. The molecule has 1 aromatic heterocycles. The van der Waals surface area contributed by atoms with E-state index in [0.29, 0.717) is 19.1 Å². The van der Waals surface area contributed by atoms with Gasteiger partial charge in [0.1, 0.15) is 6.73 Å². The van der Waals surface area contributed by atoms with Crippen LogP contribution in [0.15, 0.2) is 24.4 Å². The molecule has 1 aromatic carbocycles. The summed E-state index contributed by atoms with van der Waals surface area (Å²) in [7, 11) is 0.589. The van der Waals surface area contributed by atoms with Crippen molar-refractivity contribution in [1.29, 1.82) is 0 Å². The third-order valence-corrected chi connectivity index (χ3v) is 11.3. The van der Waals surface area contributed by atoms with Crippen LogP contribution in [0.4, 0.5) is 0 Å². The van der Waals surface area contributed by atoms with Gasteiger partial charge >= 0.3 is 0 Å². The van der Waals surface area contributed by atoms with E-state index in [1.165, 1.54) is 22.0 Å². The summed E-state index contributed by atoms with van der Waals surface area (Å²) in [5, 5.41) is 15.3. The number of hydrogen-bond donors (Lipinski definition) is 4. The summed E-state index contributed by atoms with van der Waals surface area (Å²) in [6.07, 6.45) is 5.05. The molecule has 0 fully saturated rings. The van der Waals surface area contributed by atoms with E-state index in [9.17, 15) is 14.7 Å². The Bertz CT molecular complexity index is 1270. The molecule has 1 heterocycles. The summed E-state index contributed by atoms with van der Waals surface area (Å²) in [5.74, 6) is -0.485. The average Bonchev–Trinajstić information content (AvgIpc) is 3.32. The first-order valence-corrected chi connectivity index (χ1v) is 21.3. The van der Waals surface area contributed by atoms with Crippen LogP contribution in [-0.4, -0.2) is 68.6 Å². The van der Waals surface area contributed by atoms with E-state index in [4.69, 9.17) is 20.9 Å². The van der Waals surface area contributed by atoms with Crippen molar-refractivity contribution in [1.82, 2.24) is 9.88 Å². The average molecular weight is 675 g/mol. The fourth-order valence-corrected chi connectivity index (χ4v) is 6.60. The largest absolute Gasteiger partial charge is 0.391 e. The Morgan fingerprint density at radius 2 is 1.74 bits per heavy atom. The van der Waals surface area contributed by atoms with Gasteiger partial charge in [0.05, 0.1) is 17.0 Å². The van der Waals surface area contributed by atoms with Crippen molar-refractivity contribution in [3.05, 3.63) is 35.5 Å². The number of benzene rings is 1. The number of hydrogen-bond acceptors (Lipinski definition) is 6. The van der Waals surface area contributed by atoms with E-state index in [1.54, 1.807) is 21.0 Å². The minimum atomic E-state index is -1.15. The molecule has 0 saturated carbocycles. The maximum absolute atomic E-state index is 13.1. The van der Waals surface area contributed by atoms with Crippen molar-refractivity contribution in [2.75, 3.05) is 26.9 Å². The number of carbonyl (C=O) groups is 2. The number of aliphatic hydroxyl groups excluding tert-OH is 1. The molecule has 268 valence electrons. The van der Waals surface area contributed by atoms with E-state index in [1.807, 2.05) is 13.8 Å². The smallest absolute Gasteiger partial charge is 0.224 e. The van der Waals surface area contributed by atoms with Gasteiger partial charge in [-0.2, -0.15) is 0 Å². The highest BCUT2D eigenvalue weighted by Crippen LogP contribution is 2.30. The summed E-state index contributed by atoms with van der Waals surface area (Å²) in [4.78, 5) is 24.8. The van der Waals surface area contributed by atoms with Crippen LogP contribution >= 0.6 is 0 Å². The van der Waals surface area contributed by atoms with E-state index in [-0.39, 0.29) is 30.7 Å². The molecule has 9 nitrogen and oxygen atoms in total. The van der Waals surface area contributed by atoms with Gasteiger partial charge in [0, 0.05) is 58.5 Å². The molecule has 0 spiro atoms. The number of amides is 2. The maximum Gasteiger partial charge on any atom is 0.224 e. The molecule has 10 heteroatoms. The lowest BCUT2D eigenvalue weighted by atomic mass is 9.80. The van der Waals surface area contributed by atoms with Gasteiger partial charge in [-0.25, -0.2) is 0 Å². The number of methoxy groups -OCH3 is 1. The van der Waals surface area contributed by atoms with Crippen molar-refractivity contribution in [2.24, 2.45) is 40.6 Å². The van der Waals surface area contributed by atoms with Crippen LogP contribution in [0.5, 0.6) is 0 Å². The Morgan fingerprint density at radius 3 is 2.32 bits per heavy atom. The molecular weight excluding hydrogens is 609 g/mol. The molecule has 47 heavy (non-hydrogen) atoms. The first-order valence-electron chi connectivity index (χ1n) is 17.5. The van der Waals surface area contributed by atoms with Crippen molar-refractivity contribution in [2.45, 2.75) is 118 Å². The summed E-state index contributed by atoms with van der Waals surface area (Å²) >= 11 is 0. The molecule has 0 aliphatic carbocycles. The molecule has 0 radical (unpaired) electrons. The van der Waals surface area contributed by atoms with Crippen LogP contribution in [0.3, 0.4) is 0 Å². The fraction of sp³-hybridized carbons (Fsp3) is 0.730. The van der Waals surface area contributed by atoms with Crippen molar-refractivity contribution in [3.63, 3.8) is 0 Å². The van der Waals surface area contributed by atoms with Gasteiger partial charge in [-0.1, -0.05) is 53.4 Å². The van der Waals surface area contributed by atoms with Crippen LogP contribution < -0.4 is 16.8 Å². The molecule has 6 N–H and O–H groups in total. The highest BCUT2D eigenvalue weighted by Gasteiger charge is 2.32. The summed E-state index contributed by atoms with van der Waals surface area (Å²) in [6.45, 7) is 21.1. The van der Waals surface area contributed by atoms with E-state index in [0.717, 1.165) is 38.5 Å². The van der Waals surface area contributed by atoms with Gasteiger partial charge in [-0.05, 0) is 93.0 Å². The number of nitrogens with one attached hydrogen (secondary N) is 1. The van der Waals surface area contributed by atoms with Gasteiger partial charge in [0.15, 0.2) is 0 Å². The second-order valence-electron chi connectivity index (χ2n) is 16.1. The maximum atomic E-state index is 13.1. The van der Waals surface area contributed by atoms with Gasteiger partial charge in [0.2, 0.25) is 11.8 Å². The normalized spacial score (nSPS) is 15.3. The second kappa shape index (κ2) is 18.5. The molecule has 4 atom stereocenters. The predicted octanol–water partition coefficient (Wildman–Crippen LogP) is 5.72. The number of aromatic nitrogens is 1. The first-order chi connectivity index (χ1) is 21.9. The zero-order valence-corrected chi connectivity index (χ0v) is 32.0. The monoisotopic (exact) mass is 674 g/mol. The standard InChI is InChI=1S/C37H66N4O5Si/c1-25(2)29(20-32(38)34(42)21-30(26(3)4)35(43)40-23-37(5,6)36(39)44)18-27-13-14-33-31(19-27)28(12-11-15-45-7)22-41(33)24-46-16-17-47(8,9)10/h13-14,19,22,25-26,29-30,32,34,42H,11-12,15-18,20-21,23-24,38H2,1-10H3,(H2,39,44)(H,40,43). The van der Waals surface area contributed by atoms with Crippen LogP contribution in [0.2, 0.25) is 25.7 Å². The minimum Gasteiger partial charge on any atom is -0.391 e. The Kier molecular flexibility index (Phi) is 16.1.